The molecule has 4 aromatic rings. The number of hydrogen-bond acceptors (Lipinski definition) is 7. The molecule has 3 aromatic heterocycles. The molecule has 0 saturated carbocycles. The maximum Gasteiger partial charge on any atom is 0.257 e. The fourth-order valence-corrected chi connectivity index (χ4v) is 3.80. The SMILES string of the molecule is COc1ccc2[nH]c3c(c2c1)CCN(Cc1nnnn1-c1onc(C)c1C)C3. The van der Waals surface area contributed by atoms with Crippen molar-refractivity contribution < 1.29 is 9.26 Å². The highest BCUT2D eigenvalue weighted by molar-refractivity contribution is 5.86. The molecule has 0 aliphatic carbocycles. The van der Waals surface area contributed by atoms with Crippen molar-refractivity contribution in [3.05, 3.63) is 46.5 Å². The molecule has 1 aliphatic heterocycles. The second-order valence-electron chi connectivity index (χ2n) is 7.16. The molecule has 5 rings (SSSR count). The summed E-state index contributed by atoms with van der Waals surface area (Å²) in [6, 6.07) is 6.17. The minimum atomic E-state index is 0.577. The Morgan fingerprint density at radius 1 is 1.29 bits per heavy atom. The lowest BCUT2D eigenvalue weighted by atomic mass is 10.0. The predicted molar refractivity (Wildman–Crippen MR) is 101 cm³/mol. The third-order valence-electron chi connectivity index (χ3n) is 5.49. The highest BCUT2D eigenvalue weighted by Crippen LogP contribution is 2.30. The number of aryl methyl sites for hydroxylation is 1. The van der Waals surface area contributed by atoms with Crippen LogP contribution < -0.4 is 4.74 Å². The largest absolute Gasteiger partial charge is 0.497 e. The lowest BCUT2D eigenvalue weighted by Crippen LogP contribution is -2.31. The van der Waals surface area contributed by atoms with Crippen LogP contribution in [0, 0.1) is 13.8 Å². The van der Waals surface area contributed by atoms with Gasteiger partial charge in [0.25, 0.3) is 5.88 Å². The molecule has 0 amide bonds. The monoisotopic (exact) mass is 379 g/mol. The van der Waals surface area contributed by atoms with Crippen LogP contribution in [0.25, 0.3) is 16.8 Å². The lowest BCUT2D eigenvalue weighted by Gasteiger charge is -2.26. The van der Waals surface area contributed by atoms with Crippen LogP contribution in [0.5, 0.6) is 5.75 Å². The summed E-state index contributed by atoms with van der Waals surface area (Å²) < 4.78 is 12.4. The molecular weight excluding hydrogens is 358 g/mol. The predicted octanol–water partition coefficient (Wildman–Crippen LogP) is 2.32. The zero-order chi connectivity index (χ0) is 19.3. The van der Waals surface area contributed by atoms with E-state index in [1.807, 2.05) is 19.9 Å². The van der Waals surface area contributed by atoms with E-state index in [0.29, 0.717) is 12.4 Å². The van der Waals surface area contributed by atoms with E-state index in [-0.39, 0.29) is 0 Å². The number of nitrogens with one attached hydrogen (secondary N) is 1. The molecule has 0 fully saturated rings. The first-order chi connectivity index (χ1) is 13.6. The molecule has 0 unspecified atom stereocenters. The summed E-state index contributed by atoms with van der Waals surface area (Å²) in [6.07, 6.45) is 0.963. The van der Waals surface area contributed by atoms with Gasteiger partial charge in [-0.1, -0.05) is 5.16 Å². The molecule has 1 aliphatic rings. The van der Waals surface area contributed by atoms with E-state index in [0.717, 1.165) is 47.9 Å². The molecule has 1 N–H and O–H groups in total. The summed E-state index contributed by atoms with van der Waals surface area (Å²) in [7, 11) is 1.70. The smallest absolute Gasteiger partial charge is 0.257 e. The molecule has 144 valence electrons. The van der Waals surface area contributed by atoms with Crippen molar-refractivity contribution >= 4 is 10.9 Å². The third kappa shape index (κ3) is 2.66. The molecule has 0 spiro atoms. The minimum absolute atomic E-state index is 0.577. The number of fused-ring (bicyclic) bond motifs is 3. The number of nitrogens with zero attached hydrogens (tertiary/aromatic N) is 6. The lowest BCUT2D eigenvalue weighted by molar-refractivity contribution is 0.233. The number of H-pyrrole nitrogens is 1. The Labute approximate surface area is 161 Å². The van der Waals surface area contributed by atoms with Crippen LogP contribution in [0.2, 0.25) is 0 Å². The zero-order valence-electron chi connectivity index (χ0n) is 16.1. The van der Waals surface area contributed by atoms with Crippen molar-refractivity contribution in [2.75, 3.05) is 13.7 Å². The van der Waals surface area contributed by atoms with Gasteiger partial charge in [0.2, 0.25) is 0 Å². The van der Waals surface area contributed by atoms with Gasteiger partial charge in [0.05, 0.1) is 19.3 Å². The summed E-state index contributed by atoms with van der Waals surface area (Å²) in [5, 5.41) is 17.4. The average Bonchev–Trinajstić information content (AvgIpc) is 3.39. The van der Waals surface area contributed by atoms with E-state index < -0.39 is 0 Å². The van der Waals surface area contributed by atoms with Crippen molar-refractivity contribution in [3.63, 3.8) is 0 Å². The summed E-state index contributed by atoms with van der Waals surface area (Å²) in [5.74, 6) is 2.20. The Morgan fingerprint density at radius 2 is 2.18 bits per heavy atom. The number of hydrogen-bond donors (Lipinski definition) is 1. The number of tetrazole rings is 1. The van der Waals surface area contributed by atoms with E-state index in [9.17, 15) is 0 Å². The topological polar surface area (TPSA) is 97.9 Å². The second-order valence-corrected chi connectivity index (χ2v) is 7.16. The zero-order valence-corrected chi connectivity index (χ0v) is 16.1. The van der Waals surface area contributed by atoms with E-state index in [1.165, 1.54) is 16.6 Å². The van der Waals surface area contributed by atoms with Crippen molar-refractivity contribution in [3.8, 4) is 11.6 Å². The second kappa shape index (κ2) is 6.45. The summed E-state index contributed by atoms with van der Waals surface area (Å²) in [5.41, 5.74) is 5.53. The molecular formula is C19H21N7O2. The van der Waals surface area contributed by atoms with Crippen LogP contribution in [0.4, 0.5) is 0 Å². The van der Waals surface area contributed by atoms with Crippen LogP contribution in [-0.2, 0) is 19.5 Å². The van der Waals surface area contributed by atoms with Crippen LogP contribution in [0.3, 0.4) is 0 Å². The minimum Gasteiger partial charge on any atom is -0.497 e. The Bertz CT molecular complexity index is 1160. The van der Waals surface area contributed by atoms with Crippen LogP contribution in [-0.4, -0.2) is 48.9 Å². The number of rotatable bonds is 4. The number of ether oxygens (including phenoxy) is 1. The van der Waals surface area contributed by atoms with Gasteiger partial charge < -0.3 is 14.2 Å². The molecule has 0 radical (unpaired) electrons. The van der Waals surface area contributed by atoms with Gasteiger partial charge in [0.1, 0.15) is 5.75 Å². The van der Waals surface area contributed by atoms with E-state index >= 15 is 0 Å². The van der Waals surface area contributed by atoms with E-state index in [1.54, 1.807) is 11.8 Å². The standard InChI is InChI=1S/C19H21N7O2/c1-11-12(2)22-28-19(11)26-18(21-23-24-26)10-25-7-6-14-15-8-13(27-3)4-5-16(15)20-17(14)9-25/h4-5,8,20H,6-7,9-10H2,1-3H3. The molecule has 9 nitrogen and oxygen atoms in total. The molecule has 0 saturated heterocycles. The van der Waals surface area contributed by atoms with Gasteiger partial charge in [0.15, 0.2) is 5.82 Å². The van der Waals surface area contributed by atoms with Gasteiger partial charge in [0, 0.05) is 35.2 Å². The van der Waals surface area contributed by atoms with Gasteiger partial charge in [-0.25, -0.2) is 0 Å². The molecule has 0 bridgehead atoms. The Kier molecular flexibility index (Phi) is 3.90. The number of methoxy groups -OCH3 is 1. The molecule has 4 heterocycles. The highest BCUT2D eigenvalue weighted by Gasteiger charge is 2.24. The van der Waals surface area contributed by atoms with Crippen LogP contribution in [0.15, 0.2) is 22.7 Å². The number of aromatic amines is 1. The molecule has 0 atom stereocenters. The third-order valence-corrected chi connectivity index (χ3v) is 5.49. The van der Waals surface area contributed by atoms with Crippen LogP contribution in [0.1, 0.15) is 28.3 Å². The van der Waals surface area contributed by atoms with Crippen molar-refractivity contribution in [1.82, 2.24) is 35.2 Å². The van der Waals surface area contributed by atoms with Gasteiger partial charge in [-0.15, -0.1) is 5.10 Å². The van der Waals surface area contributed by atoms with Crippen molar-refractivity contribution in [1.29, 1.82) is 0 Å². The maximum absolute atomic E-state index is 5.42. The van der Waals surface area contributed by atoms with E-state index in [2.05, 4.69) is 42.7 Å². The molecule has 9 heteroatoms. The number of aromatic nitrogens is 6. The first-order valence-corrected chi connectivity index (χ1v) is 9.24. The summed E-state index contributed by atoms with van der Waals surface area (Å²) >= 11 is 0. The maximum atomic E-state index is 5.42. The fraction of sp³-hybridized carbons (Fsp3) is 0.368. The summed E-state index contributed by atoms with van der Waals surface area (Å²) in [6.45, 7) is 6.23. The first-order valence-electron chi connectivity index (χ1n) is 9.24. The van der Waals surface area contributed by atoms with Crippen molar-refractivity contribution in [2.45, 2.75) is 33.4 Å². The average molecular weight is 379 g/mol. The molecule has 28 heavy (non-hydrogen) atoms. The van der Waals surface area contributed by atoms with Gasteiger partial charge in [-0.2, -0.15) is 4.68 Å². The van der Waals surface area contributed by atoms with Gasteiger partial charge in [-0.05, 0) is 54.5 Å². The Balaban J connectivity index is 1.41. The Hall–Kier alpha value is -3.20. The van der Waals surface area contributed by atoms with Gasteiger partial charge in [-0.3, -0.25) is 4.90 Å². The Morgan fingerprint density at radius 3 is 2.96 bits per heavy atom. The highest BCUT2D eigenvalue weighted by atomic mass is 16.5. The summed E-state index contributed by atoms with van der Waals surface area (Å²) in [4.78, 5) is 5.88. The first kappa shape index (κ1) is 16.9. The van der Waals surface area contributed by atoms with Crippen molar-refractivity contribution in [2.24, 2.45) is 0 Å². The fourth-order valence-electron chi connectivity index (χ4n) is 3.80. The normalized spacial score (nSPS) is 14.5. The van der Waals surface area contributed by atoms with Crippen LogP contribution >= 0.6 is 0 Å². The van der Waals surface area contributed by atoms with Gasteiger partial charge >= 0.3 is 0 Å². The number of benzene rings is 1. The quantitative estimate of drug-likeness (QED) is 0.581. The molecule has 1 aromatic carbocycles. The van der Waals surface area contributed by atoms with E-state index in [4.69, 9.17) is 9.26 Å².